The molecule has 0 bridgehead atoms. The Hall–Kier alpha value is -2.59. The van der Waals surface area contributed by atoms with Gasteiger partial charge < -0.3 is 15.0 Å². The summed E-state index contributed by atoms with van der Waals surface area (Å²) in [6.07, 6.45) is 0. The van der Waals surface area contributed by atoms with E-state index >= 15 is 0 Å². The first-order valence-electron chi connectivity index (χ1n) is 6.94. The molecule has 1 aromatic heterocycles. The molecule has 0 aliphatic carbocycles. The Balaban J connectivity index is 1.75. The van der Waals surface area contributed by atoms with Crippen molar-refractivity contribution in [1.29, 1.82) is 0 Å². The van der Waals surface area contributed by atoms with Crippen molar-refractivity contribution in [3.63, 3.8) is 0 Å². The number of aromatic nitrogens is 3. The number of aromatic amines is 1. The van der Waals surface area contributed by atoms with E-state index in [1.807, 2.05) is 4.90 Å². The van der Waals surface area contributed by atoms with Gasteiger partial charge in [-0.3, -0.25) is 10.1 Å². The van der Waals surface area contributed by atoms with Crippen LogP contribution in [-0.2, 0) is 4.74 Å². The van der Waals surface area contributed by atoms with E-state index in [2.05, 4.69) is 20.7 Å². The van der Waals surface area contributed by atoms with Gasteiger partial charge in [0.1, 0.15) is 4.99 Å². The van der Waals surface area contributed by atoms with Crippen LogP contribution < -0.4 is 5.32 Å². The zero-order chi connectivity index (χ0) is 16.2. The van der Waals surface area contributed by atoms with Gasteiger partial charge in [-0.05, 0) is 12.1 Å². The molecule has 120 valence electrons. The zero-order valence-electron chi connectivity index (χ0n) is 12.1. The molecule has 0 radical (unpaired) electrons. The Kier molecular flexibility index (Phi) is 4.44. The highest BCUT2D eigenvalue weighted by Crippen LogP contribution is 2.21. The second-order valence-corrected chi connectivity index (χ2v) is 5.24. The van der Waals surface area contributed by atoms with Crippen LogP contribution in [0.5, 0.6) is 0 Å². The maximum atomic E-state index is 10.7. The van der Waals surface area contributed by atoms with Crippen LogP contribution in [-0.4, -0.2) is 56.5 Å². The van der Waals surface area contributed by atoms with Gasteiger partial charge in [0.05, 0.1) is 18.1 Å². The minimum atomic E-state index is -0.446. The normalized spacial score (nSPS) is 14.5. The van der Waals surface area contributed by atoms with Gasteiger partial charge in [0.25, 0.3) is 5.69 Å². The largest absolute Gasteiger partial charge is 0.378 e. The van der Waals surface area contributed by atoms with Crippen molar-refractivity contribution in [3.05, 3.63) is 40.1 Å². The highest BCUT2D eigenvalue weighted by Gasteiger charge is 2.21. The van der Waals surface area contributed by atoms with Crippen molar-refractivity contribution in [2.45, 2.75) is 0 Å². The van der Waals surface area contributed by atoms with Crippen LogP contribution in [0.15, 0.2) is 24.3 Å². The molecule has 1 saturated heterocycles. The second kappa shape index (κ2) is 6.67. The summed E-state index contributed by atoms with van der Waals surface area (Å²) in [4.78, 5) is 12.8. The van der Waals surface area contributed by atoms with E-state index in [4.69, 9.17) is 17.0 Å². The lowest BCUT2D eigenvalue weighted by molar-refractivity contribution is -0.384. The topological polar surface area (TPSA) is 109 Å². The van der Waals surface area contributed by atoms with Gasteiger partial charge in [0, 0.05) is 30.9 Å². The first-order chi connectivity index (χ1) is 11.1. The van der Waals surface area contributed by atoms with Crippen molar-refractivity contribution in [2.75, 3.05) is 31.6 Å². The van der Waals surface area contributed by atoms with Gasteiger partial charge in [0.15, 0.2) is 11.5 Å². The highest BCUT2D eigenvalue weighted by molar-refractivity contribution is 7.80. The van der Waals surface area contributed by atoms with Crippen molar-refractivity contribution >= 4 is 34.4 Å². The molecular weight excluding hydrogens is 320 g/mol. The molecule has 2 N–H and O–H groups in total. The van der Waals surface area contributed by atoms with Crippen molar-refractivity contribution in [2.24, 2.45) is 0 Å². The van der Waals surface area contributed by atoms with Gasteiger partial charge in [-0.1, -0.05) is 12.2 Å². The molecule has 0 amide bonds. The minimum absolute atomic E-state index is 0.0276. The summed E-state index contributed by atoms with van der Waals surface area (Å²) in [5.41, 5.74) is 1.23. The van der Waals surface area contributed by atoms with Crippen molar-refractivity contribution in [1.82, 2.24) is 20.3 Å². The van der Waals surface area contributed by atoms with Gasteiger partial charge in [0.2, 0.25) is 0 Å². The van der Waals surface area contributed by atoms with Crippen LogP contribution in [0, 0.1) is 10.1 Å². The van der Waals surface area contributed by atoms with E-state index in [9.17, 15) is 10.1 Å². The van der Waals surface area contributed by atoms with Gasteiger partial charge in [-0.15, -0.1) is 5.10 Å². The molecule has 0 atom stereocenters. The standard InChI is InChI=1S/C13H14N6O3S/c20-19(21)10-3-1-9(2-4-10)14-12-11(15-17-16-12)13(23)18-5-7-22-8-6-18/h1-4H,5-8H2,(H2,14,15,16,17). The number of rotatable bonds is 4. The first-order valence-corrected chi connectivity index (χ1v) is 7.35. The van der Waals surface area contributed by atoms with E-state index in [1.54, 1.807) is 12.1 Å². The fourth-order valence-corrected chi connectivity index (χ4v) is 2.51. The Morgan fingerprint density at radius 1 is 1.30 bits per heavy atom. The third-order valence-electron chi connectivity index (χ3n) is 3.39. The van der Waals surface area contributed by atoms with Gasteiger partial charge >= 0.3 is 0 Å². The number of thiocarbonyl (C=S) groups is 1. The molecule has 10 heteroatoms. The molecule has 9 nitrogen and oxygen atoms in total. The smallest absolute Gasteiger partial charge is 0.269 e. The number of nitrogens with zero attached hydrogens (tertiary/aromatic N) is 4. The van der Waals surface area contributed by atoms with Crippen LogP contribution in [0.25, 0.3) is 0 Å². The van der Waals surface area contributed by atoms with E-state index < -0.39 is 4.92 Å². The average molecular weight is 334 g/mol. The fraction of sp³-hybridized carbons (Fsp3) is 0.308. The monoisotopic (exact) mass is 334 g/mol. The fourth-order valence-electron chi connectivity index (χ4n) is 2.19. The molecule has 3 rings (SSSR count). The number of morpholine rings is 1. The van der Waals surface area contributed by atoms with Gasteiger partial charge in [-0.25, -0.2) is 0 Å². The highest BCUT2D eigenvalue weighted by atomic mass is 32.1. The SMILES string of the molecule is O=[N+]([O-])c1ccc(Nc2n[nH]nc2C(=S)N2CCOCC2)cc1. The van der Waals surface area contributed by atoms with Crippen LogP contribution >= 0.6 is 12.2 Å². The van der Waals surface area contributed by atoms with E-state index in [0.29, 0.717) is 48.5 Å². The zero-order valence-corrected chi connectivity index (χ0v) is 12.9. The third-order valence-corrected chi connectivity index (χ3v) is 3.84. The number of hydrogen-bond donors (Lipinski definition) is 2. The predicted molar refractivity (Wildman–Crippen MR) is 86.9 cm³/mol. The number of nitro groups is 1. The molecule has 0 unspecified atom stereocenters. The summed E-state index contributed by atoms with van der Waals surface area (Å²) < 4.78 is 5.31. The van der Waals surface area contributed by atoms with Gasteiger partial charge in [-0.2, -0.15) is 10.3 Å². The van der Waals surface area contributed by atoms with E-state index in [0.717, 1.165) is 0 Å². The molecule has 2 aromatic rings. The quantitative estimate of drug-likeness (QED) is 0.491. The maximum absolute atomic E-state index is 10.7. The predicted octanol–water partition coefficient (Wildman–Crippen LogP) is 1.46. The summed E-state index contributed by atoms with van der Waals surface area (Å²) in [7, 11) is 0. The number of nitrogens with one attached hydrogen (secondary N) is 2. The maximum Gasteiger partial charge on any atom is 0.269 e. The molecular formula is C13H14N6O3S. The van der Waals surface area contributed by atoms with E-state index in [1.165, 1.54) is 12.1 Å². The lowest BCUT2D eigenvalue weighted by atomic mass is 10.2. The molecule has 1 aliphatic rings. The van der Waals surface area contributed by atoms with Crippen LogP contribution in [0.1, 0.15) is 5.69 Å². The third kappa shape index (κ3) is 3.43. The summed E-state index contributed by atoms with van der Waals surface area (Å²) >= 11 is 5.47. The minimum Gasteiger partial charge on any atom is -0.378 e. The molecule has 0 saturated carbocycles. The Labute approximate surface area is 136 Å². The van der Waals surface area contributed by atoms with Crippen LogP contribution in [0.4, 0.5) is 17.2 Å². The summed E-state index contributed by atoms with van der Waals surface area (Å²) in [6.45, 7) is 2.68. The van der Waals surface area contributed by atoms with E-state index in [-0.39, 0.29) is 5.69 Å². The number of anilines is 2. The Morgan fingerprint density at radius 2 is 2.00 bits per heavy atom. The Morgan fingerprint density at radius 3 is 2.65 bits per heavy atom. The number of nitro benzene ring substituents is 1. The molecule has 1 aromatic carbocycles. The number of benzene rings is 1. The summed E-state index contributed by atoms with van der Waals surface area (Å²) in [6, 6.07) is 6.05. The molecule has 2 heterocycles. The lowest BCUT2D eigenvalue weighted by Crippen LogP contribution is -2.40. The average Bonchev–Trinajstić information content (AvgIpc) is 3.03. The number of non-ortho nitro benzene ring substituents is 1. The van der Waals surface area contributed by atoms with Crippen LogP contribution in [0.2, 0.25) is 0 Å². The summed E-state index contributed by atoms with van der Waals surface area (Å²) in [5, 5.41) is 24.5. The van der Waals surface area contributed by atoms with Crippen LogP contribution in [0.3, 0.4) is 0 Å². The molecule has 1 aliphatic heterocycles. The first kappa shape index (κ1) is 15.3. The molecule has 1 fully saturated rings. The number of ether oxygens (including phenoxy) is 1. The second-order valence-electron chi connectivity index (χ2n) is 4.85. The molecule has 23 heavy (non-hydrogen) atoms. The number of hydrogen-bond acceptors (Lipinski definition) is 7. The lowest BCUT2D eigenvalue weighted by Gasteiger charge is -2.28. The van der Waals surface area contributed by atoms with Crippen molar-refractivity contribution in [3.8, 4) is 0 Å². The molecule has 0 spiro atoms. The summed E-state index contributed by atoms with van der Waals surface area (Å²) in [5.74, 6) is 0.482. The number of H-pyrrole nitrogens is 1. The van der Waals surface area contributed by atoms with Crippen molar-refractivity contribution < 1.29 is 9.66 Å². The Bertz CT molecular complexity index is 711.